The third kappa shape index (κ3) is 3.84. The molecule has 3 atom stereocenters. The largest absolute Gasteiger partial charge is 0.378 e. The normalized spacial score (nSPS) is 30.6. The Hall–Kier alpha value is -2.44. The molecule has 0 unspecified atom stereocenters. The van der Waals surface area contributed by atoms with Gasteiger partial charge in [0.25, 0.3) is 0 Å². The predicted molar refractivity (Wildman–Crippen MR) is 143 cm³/mol. The van der Waals surface area contributed by atoms with Crippen LogP contribution in [0.3, 0.4) is 0 Å². The van der Waals surface area contributed by atoms with E-state index in [1.54, 1.807) is 0 Å². The highest BCUT2D eigenvalue weighted by Crippen LogP contribution is 2.52. The van der Waals surface area contributed by atoms with Crippen LogP contribution in [-0.2, 0) is 6.42 Å². The first kappa shape index (κ1) is 22.7. The molecule has 3 aromatic rings. The molecule has 0 radical (unpaired) electrons. The molecule has 5 aliphatic rings. The van der Waals surface area contributed by atoms with Gasteiger partial charge in [0.15, 0.2) is 0 Å². The number of nitrogens with one attached hydrogen (secondary N) is 2. The van der Waals surface area contributed by atoms with Crippen molar-refractivity contribution in [2.75, 3.05) is 31.6 Å². The van der Waals surface area contributed by atoms with Gasteiger partial charge in [0.05, 0.1) is 36.3 Å². The Balaban J connectivity index is 1.18. The second-order valence-electron chi connectivity index (χ2n) is 11.8. The highest BCUT2D eigenvalue weighted by Gasteiger charge is 2.48. The maximum atomic E-state index is 12.4. The van der Waals surface area contributed by atoms with Crippen LogP contribution in [0.5, 0.6) is 0 Å². The van der Waals surface area contributed by atoms with Crippen molar-refractivity contribution in [2.24, 2.45) is 11.8 Å². The quantitative estimate of drug-likeness (QED) is 0.459. The van der Waals surface area contributed by atoms with E-state index in [9.17, 15) is 4.39 Å². The minimum Gasteiger partial charge on any atom is -0.378 e. The molecule has 2 bridgehead atoms. The summed E-state index contributed by atoms with van der Waals surface area (Å²) < 4.78 is 12.4. The topological polar surface area (TPSA) is 47.2 Å². The number of hydrogen-bond acceptors (Lipinski definition) is 4. The maximum Gasteiger partial charge on any atom is 0.0935 e. The summed E-state index contributed by atoms with van der Waals surface area (Å²) in [4.78, 5) is 14.1. The Kier molecular flexibility index (Phi) is 5.77. The van der Waals surface area contributed by atoms with Crippen molar-refractivity contribution in [1.82, 2.24) is 19.8 Å². The zero-order chi connectivity index (χ0) is 24.2. The van der Waals surface area contributed by atoms with E-state index in [4.69, 9.17) is 4.98 Å². The van der Waals surface area contributed by atoms with Gasteiger partial charge in [0, 0.05) is 48.3 Å². The van der Waals surface area contributed by atoms with Crippen LogP contribution in [0.15, 0.2) is 42.6 Å². The molecule has 1 saturated heterocycles. The maximum absolute atomic E-state index is 12.4. The second kappa shape index (κ2) is 9.14. The first-order chi connectivity index (χ1) is 17.7. The van der Waals surface area contributed by atoms with Crippen molar-refractivity contribution < 1.29 is 4.39 Å². The fourth-order valence-corrected chi connectivity index (χ4v) is 7.68. The van der Waals surface area contributed by atoms with Gasteiger partial charge in [-0.25, -0.2) is 0 Å². The highest BCUT2D eigenvalue weighted by atomic mass is 19.1. The summed E-state index contributed by atoms with van der Waals surface area (Å²) in [5, 5.41) is 5.01. The smallest absolute Gasteiger partial charge is 0.0935 e. The molecule has 1 aromatic carbocycles. The van der Waals surface area contributed by atoms with E-state index >= 15 is 0 Å². The van der Waals surface area contributed by atoms with E-state index in [0.29, 0.717) is 24.5 Å². The van der Waals surface area contributed by atoms with Crippen molar-refractivity contribution in [3.05, 3.63) is 59.5 Å². The first-order valence-electron chi connectivity index (χ1n) is 14.1. The van der Waals surface area contributed by atoms with Crippen molar-refractivity contribution >= 4 is 16.6 Å². The molecule has 3 aliphatic carbocycles. The summed E-state index contributed by atoms with van der Waals surface area (Å²) in [5.74, 6) is 1.83. The number of aromatic nitrogens is 2. The Labute approximate surface area is 213 Å². The minimum atomic E-state index is -0.225. The van der Waals surface area contributed by atoms with Gasteiger partial charge in [-0.2, -0.15) is 0 Å². The molecule has 0 amide bonds. The summed E-state index contributed by atoms with van der Waals surface area (Å²) in [7, 11) is 0. The van der Waals surface area contributed by atoms with Crippen LogP contribution >= 0.6 is 0 Å². The summed E-state index contributed by atoms with van der Waals surface area (Å²) in [6.45, 7) is 5.04. The predicted octanol–water partition coefficient (Wildman–Crippen LogP) is 5.54. The number of rotatable bonds is 7. The molecule has 3 saturated carbocycles. The molecule has 2 N–H and O–H groups in total. The fourth-order valence-electron chi connectivity index (χ4n) is 7.68. The van der Waals surface area contributed by atoms with Gasteiger partial charge in [-0.15, -0.1) is 0 Å². The summed E-state index contributed by atoms with van der Waals surface area (Å²) in [5.41, 5.74) is 6.31. The number of benzene rings is 1. The number of anilines is 1. The van der Waals surface area contributed by atoms with Gasteiger partial charge >= 0.3 is 0 Å². The van der Waals surface area contributed by atoms with Crippen LogP contribution in [0.25, 0.3) is 10.9 Å². The van der Waals surface area contributed by atoms with Crippen LogP contribution in [0.4, 0.5) is 10.1 Å². The average Bonchev–Trinajstić information content (AvgIpc) is 3.22. The van der Waals surface area contributed by atoms with Crippen molar-refractivity contribution in [3.8, 4) is 0 Å². The molecule has 36 heavy (non-hydrogen) atoms. The molecule has 190 valence electrons. The van der Waals surface area contributed by atoms with Crippen molar-refractivity contribution in [2.45, 2.75) is 69.6 Å². The van der Waals surface area contributed by atoms with E-state index in [1.165, 1.54) is 47.8 Å². The van der Waals surface area contributed by atoms with Crippen LogP contribution in [0, 0.1) is 11.8 Å². The van der Waals surface area contributed by atoms with Crippen molar-refractivity contribution in [1.29, 1.82) is 0 Å². The number of hydrogen-bond donors (Lipinski definition) is 2. The number of fused-ring (bicyclic) bond motifs is 5. The van der Waals surface area contributed by atoms with Gasteiger partial charge in [-0.1, -0.05) is 18.2 Å². The van der Waals surface area contributed by atoms with E-state index in [2.05, 4.69) is 63.4 Å². The lowest BCUT2D eigenvalue weighted by Crippen LogP contribution is -2.56. The summed E-state index contributed by atoms with van der Waals surface area (Å²) in [6.07, 6.45) is 9.31. The molecular weight excluding hydrogens is 449 g/mol. The second-order valence-corrected chi connectivity index (χ2v) is 11.8. The monoisotopic (exact) mass is 487 g/mol. The number of halogens is 1. The summed E-state index contributed by atoms with van der Waals surface area (Å²) in [6, 6.07) is 15.0. The van der Waals surface area contributed by atoms with Crippen LogP contribution < -0.4 is 5.32 Å². The molecule has 5 nitrogen and oxygen atoms in total. The molecule has 6 heteroatoms. The Morgan fingerprint density at radius 1 is 1.11 bits per heavy atom. The number of H-pyrrole nitrogens is 1. The summed E-state index contributed by atoms with van der Waals surface area (Å²) >= 11 is 0. The Bertz CT molecular complexity index is 1210. The van der Waals surface area contributed by atoms with Crippen molar-refractivity contribution in [3.63, 3.8) is 0 Å². The fraction of sp³-hybridized carbons (Fsp3) is 0.567. The first-order valence-corrected chi connectivity index (χ1v) is 14.1. The molecular formula is C30H38FN5. The van der Waals surface area contributed by atoms with E-state index < -0.39 is 0 Å². The Morgan fingerprint density at radius 3 is 2.72 bits per heavy atom. The molecule has 4 fully saturated rings. The highest BCUT2D eigenvalue weighted by molar-refractivity contribution is 5.85. The van der Waals surface area contributed by atoms with Gasteiger partial charge in [0.1, 0.15) is 0 Å². The molecule has 2 aliphatic heterocycles. The van der Waals surface area contributed by atoms with Crippen LogP contribution in [0.2, 0.25) is 0 Å². The SMILES string of the molecule is C[C@@H]1Cc2c([nH]c3ccccc23)[C@@H](c2ccc(NC3CN(CCCF)C3)cn2)N1[C@@H]1CCC2CC1C2. The molecule has 0 spiro atoms. The average molecular weight is 488 g/mol. The number of nitrogens with zero attached hydrogens (tertiary/aromatic N) is 3. The zero-order valence-corrected chi connectivity index (χ0v) is 21.3. The third-order valence-electron chi connectivity index (χ3n) is 9.50. The molecule has 4 heterocycles. The standard InChI is InChI=1S/C30H38FN5/c1-19-13-25-24-5-2-3-6-26(24)34-29(25)30(36(19)28-10-7-20-14-21(28)15-20)27-9-8-22(16-32-27)33-23-17-35(18-23)12-4-11-31/h2-3,5-6,8-9,16,19-21,23,28,30,33-34H,4,7,10-15,17-18H2,1H3/t19-,20?,21?,28-,30-/m1/s1. The zero-order valence-electron chi connectivity index (χ0n) is 21.3. The number of aromatic amines is 1. The third-order valence-corrected chi connectivity index (χ3v) is 9.50. The number of likely N-dealkylation sites (tertiary alicyclic amines) is 1. The molecule has 8 rings (SSSR count). The number of para-hydroxylation sites is 1. The lowest BCUT2D eigenvalue weighted by Gasteiger charge is -2.55. The van der Waals surface area contributed by atoms with Crippen LogP contribution in [-0.4, -0.2) is 64.2 Å². The number of alkyl halides is 1. The van der Waals surface area contributed by atoms with E-state index in [-0.39, 0.29) is 12.7 Å². The van der Waals surface area contributed by atoms with Gasteiger partial charge in [-0.05, 0) is 81.0 Å². The van der Waals surface area contributed by atoms with E-state index in [1.807, 2.05) is 6.20 Å². The lowest BCUT2D eigenvalue weighted by atomic mass is 9.61. The number of pyridine rings is 1. The van der Waals surface area contributed by atoms with Gasteiger partial charge < -0.3 is 10.3 Å². The molecule has 2 aromatic heterocycles. The van der Waals surface area contributed by atoms with Crippen LogP contribution in [0.1, 0.15) is 62.0 Å². The van der Waals surface area contributed by atoms with Gasteiger partial charge in [-0.3, -0.25) is 19.2 Å². The lowest BCUT2D eigenvalue weighted by molar-refractivity contribution is -0.0363. The van der Waals surface area contributed by atoms with E-state index in [0.717, 1.165) is 49.3 Å². The Morgan fingerprint density at radius 2 is 1.97 bits per heavy atom. The minimum absolute atomic E-state index is 0.173. The van der Waals surface area contributed by atoms with Gasteiger partial charge in [0.2, 0.25) is 0 Å².